The summed E-state index contributed by atoms with van der Waals surface area (Å²) in [6.45, 7) is 3.44. The average molecular weight is 369 g/mol. The molecule has 1 N–H and O–H groups in total. The van der Waals surface area contributed by atoms with E-state index in [0.29, 0.717) is 12.5 Å². The second kappa shape index (κ2) is 6.40. The zero-order valence-electron chi connectivity index (χ0n) is 12.7. The van der Waals surface area contributed by atoms with E-state index in [0.717, 1.165) is 36.8 Å². The second-order valence-electron chi connectivity index (χ2n) is 6.30. The largest absolute Gasteiger partial charge is 0.354 e. The lowest BCUT2D eigenvalue weighted by molar-refractivity contribution is -0.142. The lowest BCUT2D eigenvalue weighted by atomic mass is 9.90. The van der Waals surface area contributed by atoms with E-state index < -0.39 is 0 Å². The van der Waals surface area contributed by atoms with Gasteiger partial charge in [-0.3, -0.25) is 14.3 Å². The van der Waals surface area contributed by atoms with Gasteiger partial charge in [0.05, 0.1) is 16.7 Å². The maximum absolute atomic E-state index is 12.6. The van der Waals surface area contributed by atoms with Crippen LogP contribution in [0.2, 0.25) is 0 Å². The van der Waals surface area contributed by atoms with Gasteiger partial charge in [0.1, 0.15) is 0 Å². The van der Waals surface area contributed by atoms with Crippen molar-refractivity contribution in [1.29, 1.82) is 0 Å². The standard InChI is InChI=1S/C15H21BrN4O2/c1-10-6-11(7-14(21)18-10)15(22)19-4-2-13(3-5-19)20-9-12(16)8-17-20/h8-11,13H,2-7H2,1H3,(H,18,21). The van der Waals surface area contributed by atoms with E-state index in [1.807, 2.05) is 22.7 Å². The molecule has 0 radical (unpaired) electrons. The second-order valence-corrected chi connectivity index (χ2v) is 7.22. The van der Waals surface area contributed by atoms with Crippen LogP contribution in [-0.2, 0) is 9.59 Å². The van der Waals surface area contributed by atoms with Crippen LogP contribution in [0.5, 0.6) is 0 Å². The van der Waals surface area contributed by atoms with Crippen molar-refractivity contribution in [2.45, 2.75) is 44.7 Å². The Balaban J connectivity index is 1.56. The molecule has 1 aromatic rings. The number of nitrogens with zero attached hydrogens (tertiary/aromatic N) is 3. The van der Waals surface area contributed by atoms with Crippen LogP contribution in [0, 0.1) is 5.92 Å². The third-order valence-corrected chi connectivity index (χ3v) is 4.96. The van der Waals surface area contributed by atoms with Crippen molar-refractivity contribution in [3.63, 3.8) is 0 Å². The third kappa shape index (κ3) is 3.34. The zero-order chi connectivity index (χ0) is 15.7. The molecular weight excluding hydrogens is 348 g/mol. The van der Waals surface area contributed by atoms with Crippen LogP contribution in [0.1, 0.15) is 38.6 Å². The number of piperidine rings is 2. The summed E-state index contributed by atoms with van der Waals surface area (Å²) in [4.78, 5) is 26.1. The van der Waals surface area contributed by atoms with Crippen LogP contribution in [0.4, 0.5) is 0 Å². The van der Waals surface area contributed by atoms with Gasteiger partial charge in [0, 0.05) is 37.7 Å². The molecule has 0 aliphatic carbocycles. The van der Waals surface area contributed by atoms with Crippen molar-refractivity contribution >= 4 is 27.7 Å². The van der Waals surface area contributed by atoms with E-state index in [2.05, 4.69) is 26.3 Å². The molecule has 2 aliphatic rings. The first-order valence-electron chi connectivity index (χ1n) is 7.80. The van der Waals surface area contributed by atoms with Gasteiger partial charge in [-0.1, -0.05) is 0 Å². The maximum Gasteiger partial charge on any atom is 0.226 e. The number of aromatic nitrogens is 2. The molecule has 120 valence electrons. The molecule has 0 saturated carbocycles. The molecule has 2 saturated heterocycles. The zero-order valence-corrected chi connectivity index (χ0v) is 14.3. The van der Waals surface area contributed by atoms with Gasteiger partial charge in [0.2, 0.25) is 11.8 Å². The first-order chi connectivity index (χ1) is 10.5. The van der Waals surface area contributed by atoms with Crippen molar-refractivity contribution in [3.8, 4) is 0 Å². The third-order valence-electron chi connectivity index (χ3n) is 4.55. The summed E-state index contributed by atoms with van der Waals surface area (Å²) >= 11 is 3.41. The Bertz CT molecular complexity index is 566. The van der Waals surface area contributed by atoms with E-state index >= 15 is 0 Å². The molecule has 0 bridgehead atoms. The Morgan fingerprint density at radius 2 is 2.14 bits per heavy atom. The summed E-state index contributed by atoms with van der Waals surface area (Å²) < 4.78 is 2.95. The summed E-state index contributed by atoms with van der Waals surface area (Å²) in [7, 11) is 0. The molecule has 7 heteroatoms. The fraction of sp³-hybridized carbons (Fsp3) is 0.667. The first-order valence-corrected chi connectivity index (χ1v) is 8.60. The van der Waals surface area contributed by atoms with E-state index in [1.165, 1.54) is 0 Å². The molecule has 3 heterocycles. The molecule has 0 spiro atoms. The monoisotopic (exact) mass is 368 g/mol. The summed E-state index contributed by atoms with van der Waals surface area (Å²) in [5.74, 6) is -0.0191. The Kier molecular flexibility index (Phi) is 4.52. The highest BCUT2D eigenvalue weighted by Gasteiger charge is 2.34. The molecule has 6 nitrogen and oxygen atoms in total. The molecule has 3 rings (SSSR count). The normalized spacial score (nSPS) is 26.8. The summed E-state index contributed by atoms with van der Waals surface area (Å²) in [6.07, 6.45) is 6.67. The Morgan fingerprint density at radius 1 is 1.41 bits per heavy atom. The van der Waals surface area contributed by atoms with Crippen molar-refractivity contribution in [2.75, 3.05) is 13.1 Å². The first kappa shape index (κ1) is 15.5. The minimum atomic E-state index is -0.154. The number of nitrogens with one attached hydrogen (secondary N) is 1. The van der Waals surface area contributed by atoms with Crippen molar-refractivity contribution in [2.24, 2.45) is 5.92 Å². The van der Waals surface area contributed by atoms with Gasteiger partial charge >= 0.3 is 0 Å². The van der Waals surface area contributed by atoms with Gasteiger partial charge in [-0.05, 0) is 42.1 Å². The van der Waals surface area contributed by atoms with Crippen molar-refractivity contribution in [1.82, 2.24) is 20.0 Å². The summed E-state index contributed by atoms with van der Waals surface area (Å²) in [5.41, 5.74) is 0. The number of hydrogen-bond donors (Lipinski definition) is 1. The average Bonchev–Trinajstić information content (AvgIpc) is 2.92. The van der Waals surface area contributed by atoms with E-state index in [4.69, 9.17) is 0 Å². The highest BCUT2D eigenvalue weighted by molar-refractivity contribution is 9.10. The van der Waals surface area contributed by atoms with Crippen molar-refractivity contribution in [3.05, 3.63) is 16.9 Å². The molecular formula is C15H21BrN4O2. The maximum atomic E-state index is 12.6. The molecule has 2 atom stereocenters. The predicted octanol–water partition coefficient (Wildman–Crippen LogP) is 1.72. The predicted molar refractivity (Wildman–Crippen MR) is 85.1 cm³/mol. The van der Waals surface area contributed by atoms with Crippen molar-refractivity contribution < 1.29 is 9.59 Å². The fourth-order valence-corrected chi connectivity index (χ4v) is 3.74. The van der Waals surface area contributed by atoms with Gasteiger partial charge in [0.15, 0.2) is 0 Å². The number of halogens is 1. The minimum Gasteiger partial charge on any atom is -0.354 e. The summed E-state index contributed by atoms with van der Waals surface area (Å²) in [6, 6.07) is 0.443. The summed E-state index contributed by atoms with van der Waals surface area (Å²) in [5, 5.41) is 7.20. The highest BCUT2D eigenvalue weighted by Crippen LogP contribution is 2.26. The highest BCUT2D eigenvalue weighted by atomic mass is 79.9. The van der Waals surface area contributed by atoms with Gasteiger partial charge in [-0.25, -0.2) is 0 Å². The number of carbonyl (C=O) groups is 2. The van der Waals surface area contributed by atoms with Crippen LogP contribution in [0.3, 0.4) is 0 Å². The fourth-order valence-electron chi connectivity index (χ4n) is 3.44. The Morgan fingerprint density at radius 3 is 2.73 bits per heavy atom. The van der Waals surface area contributed by atoms with Crippen LogP contribution in [-0.4, -0.2) is 45.6 Å². The number of hydrogen-bond acceptors (Lipinski definition) is 3. The number of rotatable bonds is 2. The smallest absolute Gasteiger partial charge is 0.226 e. The van der Waals surface area contributed by atoms with Gasteiger partial charge in [-0.2, -0.15) is 5.10 Å². The van der Waals surface area contributed by atoms with E-state index in [9.17, 15) is 9.59 Å². The molecule has 2 amide bonds. The minimum absolute atomic E-state index is 0.00613. The van der Waals surface area contributed by atoms with Gasteiger partial charge in [0.25, 0.3) is 0 Å². The number of likely N-dealkylation sites (tertiary alicyclic amines) is 1. The SMILES string of the molecule is CC1CC(C(=O)N2CCC(n3cc(Br)cn3)CC2)CC(=O)N1. The number of carbonyl (C=O) groups excluding carboxylic acids is 2. The molecule has 2 unspecified atom stereocenters. The molecule has 0 aromatic carbocycles. The molecule has 1 aromatic heterocycles. The van der Waals surface area contributed by atoms with Crippen LogP contribution >= 0.6 is 15.9 Å². The topological polar surface area (TPSA) is 67.2 Å². The van der Waals surface area contributed by atoms with Gasteiger partial charge in [-0.15, -0.1) is 0 Å². The number of amides is 2. The van der Waals surface area contributed by atoms with E-state index in [-0.39, 0.29) is 23.8 Å². The van der Waals surface area contributed by atoms with E-state index in [1.54, 1.807) is 6.20 Å². The molecule has 22 heavy (non-hydrogen) atoms. The van der Waals surface area contributed by atoms with Crippen LogP contribution < -0.4 is 5.32 Å². The van der Waals surface area contributed by atoms with Crippen LogP contribution in [0.15, 0.2) is 16.9 Å². The molecule has 2 aliphatic heterocycles. The quantitative estimate of drug-likeness (QED) is 0.863. The Labute approximate surface area is 138 Å². The molecule has 2 fully saturated rings. The lowest BCUT2D eigenvalue weighted by Gasteiger charge is -2.36. The lowest BCUT2D eigenvalue weighted by Crippen LogP contribution is -2.48. The van der Waals surface area contributed by atoms with Crippen LogP contribution in [0.25, 0.3) is 0 Å². The van der Waals surface area contributed by atoms with Gasteiger partial charge < -0.3 is 10.2 Å². The Hall–Kier alpha value is -1.37.